The van der Waals surface area contributed by atoms with Gasteiger partial charge in [-0.15, -0.1) is 0 Å². The third-order valence-electron chi connectivity index (χ3n) is 8.14. The molecule has 2 fully saturated rings. The van der Waals surface area contributed by atoms with Crippen LogP contribution in [-0.4, -0.2) is 37.7 Å². The van der Waals surface area contributed by atoms with Crippen LogP contribution < -0.4 is 4.74 Å². The molecule has 1 aliphatic carbocycles. The van der Waals surface area contributed by atoms with Gasteiger partial charge in [-0.25, -0.2) is 4.79 Å². The molecule has 6 rings (SSSR count). The van der Waals surface area contributed by atoms with Gasteiger partial charge in [-0.05, 0) is 85.0 Å². The number of aromatic nitrogens is 1. The van der Waals surface area contributed by atoms with Crippen molar-refractivity contribution in [3.63, 3.8) is 0 Å². The molecular formula is C34H32Cl3NO6. The molecule has 230 valence electrons. The third kappa shape index (κ3) is 6.93. The number of methoxy groups -OCH3 is 1. The number of rotatable bonds is 11. The lowest BCUT2D eigenvalue weighted by Crippen LogP contribution is -2.23. The van der Waals surface area contributed by atoms with Crippen LogP contribution in [0.25, 0.3) is 11.3 Å². The van der Waals surface area contributed by atoms with Crippen molar-refractivity contribution in [2.45, 2.75) is 56.8 Å². The maximum atomic E-state index is 11.8. The molecule has 1 saturated carbocycles. The summed E-state index contributed by atoms with van der Waals surface area (Å²) in [7, 11) is 1.38. The van der Waals surface area contributed by atoms with E-state index in [1.165, 1.54) is 12.7 Å². The van der Waals surface area contributed by atoms with E-state index < -0.39 is 0 Å². The Morgan fingerprint density at radius 3 is 2.48 bits per heavy atom. The largest absolute Gasteiger partial charge is 0.489 e. The zero-order valence-corrected chi connectivity index (χ0v) is 26.5. The topological polar surface area (TPSA) is 80.0 Å². The number of esters is 1. The van der Waals surface area contributed by atoms with E-state index in [1.54, 1.807) is 30.3 Å². The Morgan fingerprint density at radius 2 is 1.77 bits per heavy atom. The number of carbonyl (C=O) groups is 1. The van der Waals surface area contributed by atoms with E-state index in [9.17, 15) is 4.79 Å². The molecule has 10 heteroatoms. The molecule has 0 amide bonds. The summed E-state index contributed by atoms with van der Waals surface area (Å²) in [5, 5.41) is 5.92. The van der Waals surface area contributed by atoms with E-state index in [1.807, 2.05) is 30.3 Å². The molecule has 44 heavy (non-hydrogen) atoms. The molecule has 3 atom stereocenters. The summed E-state index contributed by atoms with van der Waals surface area (Å²) in [5.41, 5.74) is 4.64. The van der Waals surface area contributed by atoms with Gasteiger partial charge in [0.05, 0.1) is 34.9 Å². The molecule has 1 aromatic heterocycles. The Labute approximate surface area is 271 Å². The summed E-state index contributed by atoms with van der Waals surface area (Å²) in [5.74, 6) is 1.55. The summed E-state index contributed by atoms with van der Waals surface area (Å²) >= 11 is 19.9. The van der Waals surface area contributed by atoms with Crippen LogP contribution in [0.5, 0.6) is 5.75 Å². The zero-order valence-electron chi connectivity index (χ0n) is 24.2. The molecule has 1 aliphatic heterocycles. The molecule has 3 unspecified atom stereocenters. The van der Waals surface area contributed by atoms with Gasteiger partial charge in [0.1, 0.15) is 23.8 Å². The smallest absolute Gasteiger partial charge is 0.337 e. The van der Waals surface area contributed by atoms with Crippen LogP contribution in [0.1, 0.15) is 70.3 Å². The minimum Gasteiger partial charge on any atom is -0.489 e. The van der Waals surface area contributed by atoms with Crippen molar-refractivity contribution in [1.29, 1.82) is 0 Å². The fourth-order valence-electron chi connectivity index (χ4n) is 5.68. The van der Waals surface area contributed by atoms with Crippen molar-refractivity contribution >= 4 is 40.8 Å². The second-order valence-electron chi connectivity index (χ2n) is 11.0. The molecule has 2 aliphatic rings. The summed E-state index contributed by atoms with van der Waals surface area (Å²) in [6.45, 7) is 1.30. The number of hydrogen-bond acceptors (Lipinski definition) is 7. The monoisotopic (exact) mass is 655 g/mol. The Balaban J connectivity index is 1.15. The predicted molar refractivity (Wildman–Crippen MR) is 169 cm³/mol. The van der Waals surface area contributed by atoms with Gasteiger partial charge in [0.15, 0.2) is 6.29 Å². The Kier molecular flexibility index (Phi) is 9.79. The highest BCUT2D eigenvalue weighted by Crippen LogP contribution is 2.56. The van der Waals surface area contributed by atoms with Gasteiger partial charge in [-0.3, -0.25) is 0 Å². The van der Waals surface area contributed by atoms with Crippen molar-refractivity contribution in [3.8, 4) is 17.0 Å². The maximum absolute atomic E-state index is 11.8. The minimum absolute atomic E-state index is 0.171. The number of ether oxygens (including phenoxy) is 4. The first-order valence-electron chi connectivity index (χ1n) is 14.7. The number of hydrogen-bond donors (Lipinski definition) is 0. The van der Waals surface area contributed by atoms with Crippen LogP contribution in [0.2, 0.25) is 15.1 Å². The van der Waals surface area contributed by atoms with E-state index in [0.717, 1.165) is 36.8 Å². The molecule has 0 spiro atoms. The van der Waals surface area contributed by atoms with Crippen LogP contribution in [0.4, 0.5) is 0 Å². The standard InChI is InChI=1S/C34H32Cl3NO6/c1-40-34(39)21-10-8-20(9-11-21)24-18-25(24)23-13-12-22(17-29(23)37)43-19-26-30(14-16-42-31-7-2-3-15-41-31)44-38-33(26)32-27(35)5-4-6-28(32)36/h4-6,8-13,17,24-25,31H,2-3,7,14-16,18-19H2,1H3. The highest BCUT2D eigenvalue weighted by molar-refractivity contribution is 6.39. The molecular weight excluding hydrogens is 625 g/mol. The highest BCUT2D eigenvalue weighted by atomic mass is 35.5. The van der Waals surface area contributed by atoms with Gasteiger partial charge in [0.25, 0.3) is 0 Å². The first-order valence-corrected chi connectivity index (χ1v) is 15.8. The van der Waals surface area contributed by atoms with Gasteiger partial charge in [-0.1, -0.05) is 64.2 Å². The van der Waals surface area contributed by atoms with Crippen LogP contribution in [-0.2, 0) is 27.2 Å². The average Bonchev–Trinajstić information content (AvgIpc) is 3.74. The number of nitrogens with zero attached hydrogens (tertiary/aromatic N) is 1. The summed E-state index contributed by atoms with van der Waals surface area (Å²) in [6.07, 6.45) is 4.30. The quantitative estimate of drug-likeness (QED) is 0.149. The number of halogens is 3. The lowest BCUT2D eigenvalue weighted by molar-refractivity contribution is -0.162. The maximum Gasteiger partial charge on any atom is 0.337 e. The van der Waals surface area contributed by atoms with E-state index >= 15 is 0 Å². The van der Waals surface area contributed by atoms with Crippen molar-refractivity contribution < 1.29 is 28.3 Å². The van der Waals surface area contributed by atoms with Crippen LogP contribution >= 0.6 is 34.8 Å². The third-order valence-corrected chi connectivity index (χ3v) is 9.10. The Hall–Kier alpha value is -3.07. The van der Waals surface area contributed by atoms with E-state index in [2.05, 4.69) is 5.16 Å². The Bertz CT molecular complexity index is 1600. The molecule has 7 nitrogen and oxygen atoms in total. The lowest BCUT2D eigenvalue weighted by atomic mass is 10.0. The fraction of sp³-hybridized carbons (Fsp3) is 0.353. The molecule has 2 heterocycles. The lowest BCUT2D eigenvalue weighted by Gasteiger charge is -2.22. The SMILES string of the molecule is COC(=O)c1ccc(C2CC2c2ccc(OCc3c(-c4c(Cl)cccc4Cl)noc3CCOC3CCCCO3)cc2Cl)cc1. The van der Waals surface area contributed by atoms with E-state index in [4.69, 9.17) is 58.3 Å². The normalized spacial score (nSPS) is 19.5. The number of benzene rings is 3. The highest BCUT2D eigenvalue weighted by Gasteiger charge is 2.40. The van der Waals surface area contributed by atoms with Gasteiger partial charge in [0.2, 0.25) is 0 Å². The van der Waals surface area contributed by atoms with Crippen molar-refractivity contribution in [2.75, 3.05) is 20.3 Å². The predicted octanol–water partition coefficient (Wildman–Crippen LogP) is 9.02. The first-order chi connectivity index (χ1) is 21.4. The molecule has 4 aromatic rings. The van der Waals surface area contributed by atoms with Crippen LogP contribution in [0.3, 0.4) is 0 Å². The van der Waals surface area contributed by atoms with Crippen LogP contribution in [0.15, 0.2) is 65.2 Å². The Morgan fingerprint density at radius 1 is 0.977 bits per heavy atom. The molecule has 3 aromatic carbocycles. The molecule has 0 N–H and O–H groups in total. The summed E-state index contributed by atoms with van der Waals surface area (Å²) in [6, 6.07) is 18.7. The minimum atomic E-state index is -0.342. The zero-order chi connectivity index (χ0) is 30.6. The first kappa shape index (κ1) is 30.9. The van der Waals surface area contributed by atoms with Crippen molar-refractivity contribution in [2.24, 2.45) is 0 Å². The van der Waals surface area contributed by atoms with Crippen LogP contribution in [0, 0.1) is 0 Å². The second kappa shape index (κ2) is 13.9. The fourth-order valence-corrected chi connectivity index (χ4v) is 6.57. The number of carbonyl (C=O) groups excluding carboxylic acids is 1. The average molecular weight is 657 g/mol. The molecule has 0 radical (unpaired) electrons. The van der Waals surface area contributed by atoms with Gasteiger partial charge in [-0.2, -0.15) is 0 Å². The molecule has 1 saturated heterocycles. The van der Waals surface area contributed by atoms with Crippen molar-refractivity contribution in [3.05, 3.63) is 104 Å². The van der Waals surface area contributed by atoms with E-state index in [0.29, 0.717) is 74.9 Å². The van der Waals surface area contributed by atoms with Gasteiger partial charge >= 0.3 is 5.97 Å². The summed E-state index contributed by atoms with van der Waals surface area (Å²) < 4.78 is 28.5. The summed E-state index contributed by atoms with van der Waals surface area (Å²) in [4.78, 5) is 11.8. The van der Waals surface area contributed by atoms with Crippen molar-refractivity contribution in [1.82, 2.24) is 5.16 Å². The molecule has 0 bridgehead atoms. The van der Waals surface area contributed by atoms with E-state index in [-0.39, 0.29) is 18.9 Å². The van der Waals surface area contributed by atoms with Gasteiger partial charge < -0.3 is 23.5 Å². The van der Waals surface area contributed by atoms with Gasteiger partial charge in [0, 0.05) is 23.6 Å². The second-order valence-corrected chi connectivity index (χ2v) is 12.2.